The average Bonchev–Trinajstić information content (AvgIpc) is 3.02. The third-order valence-corrected chi connectivity index (χ3v) is 3.79. The van der Waals surface area contributed by atoms with Gasteiger partial charge in [-0.05, 0) is 51.1 Å². The lowest BCUT2D eigenvalue weighted by Gasteiger charge is -2.09. The fourth-order valence-electron chi connectivity index (χ4n) is 2.51. The van der Waals surface area contributed by atoms with Crippen LogP contribution in [0.3, 0.4) is 0 Å². The van der Waals surface area contributed by atoms with Crippen molar-refractivity contribution in [2.75, 3.05) is 11.3 Å². The van der Waals surface area contributed by atoms with Crippen LogP contribution in [0.25, 0.3) is 5.69 Å². The Labute approximate surface area is 138 Å². The van der Waals surface area contributed by atoms with Crippen molar-refractivity contribution in [3.05, 3.63) is 58.9 Å². The van der Waals surface area contributed by atoms with Crippen molar-refractivity contribution in [3.8, 4) is 5.69 Å². The molecule has 3 N–H and O–H groups in total. The minimum absolute atomic E-state index is 0.256. The highest BCUT2D eigenvalue weighted by molar-refractivity contribution is 5.82. The highest BCUT2D eigenvalue weighted by atomic mass is 19.1. The number of aryl methyl sites for hydroxylation is 2. The molecule has 0 amide bonds. The highest BCUT2D eigenvalue weighted by Gasteiger charge is 2.10. The van der Waals surface area contributed by atoms with Crippen molar-refractivity contribution < 1.29 is 4.39 Å². The van der Waals surface area contributed by atoms with E-state index in [4.69, 9.17) is 5.84 Å². The third kappa shape index (κ3) is 2.85. The SMILES string of the molecule is Cc1nnc(N/N=C/c2cc(C)n(-c3ccc(F)cc3)c2C)n1N. The van der Waals surface area contributed by atoms with Crippen LogP contribution in [0.2, 0.25) is 0 Å². The third-order valence-electron chi connectivity index (χ3n) is 3.79. The van der Waals surface area contributed by atoms with Crippen molar-refractivity contribution >= 4 is 12.2 Å². The number of hydrazone groups is 1. The van der Waals surface area contributed by atoms with Crippen molar-refractivity contribution in [2.24, 2.45) is 5.10 Å². The Hall–Kier alpha value is -3.16. The first-order valence-electron chi connectivity index (χ1n) is 7.38. The molecule has 7 nitrogen and oxygen atoms in total. The summed E-state index contributed by atoms with van der Waals surface area (Å²) in [5.41, 5.74) is 6.62. The zero-order valence-corrected chi connectivity index (χ0v) is 13.7. The van der Waals surface area contributed by atoms with Gasteiger partial charge in [0.25, 0.3) is 5.95 Å². The molecule has 0 unspecified atom stereocenters. The second-order valence-corrected chi connectivity index (χ2v) is 5.45. The monoisotopic (exact) mass is 327 g/mol. The number of hydrogen-bond acceptors (Lipinski definition) is 5. The summed E-state index contributed by atoms with van der Waals surface area (Å²) in [6.07, 6.45) is 1.69. The van der Waals surface area contributed by atoms with E-state index in [2.05, 4.69) is 20.7 Å². The molecule has 0 saturated carbocycles. The Morgan fingerprint density at radius 2 is 1.88 bits per heavy atom. The lowest BCUT2D eigenvalue weighted by molar-refractivity contribution is 0.627. The van der Waals surface area contributed by atoms with Crippen LogP contribution in [-0.4, -0.2) is 25.7 Å². The summed E-state index contributed by atoms with van der Waals surface area (Å²) < 4.78 is 16.5. The Balaban J connectivity index is 1.85. The van der Waals surface area contributed by atoms with E-state index in [1.54, 1.807) is 25.3 Å². The first kappa shape index (κ1) is 15.7. The van der Waals surface area contributed by atoms with E-state index in [0.29, 0.717) is 11.8 Å². The summed E-state index contributed by atoms with van der Waals surface area (Å²) in [6, 6.07) is 8.38. The normalized spacial score (nSPS) is 11.3. The fraction of sp³-hybridized carbons (Fsp3) is 0.188. The number of hydrogen-bond donors (Lipinski definition) is 2. The van der Waals surface area contributed by atoms with Crippen LogP contribution in [0.5, 0.6) is 0 Å². The number of nitrogens with zero attached hydrogens (tertiary/aromatic N) is 5. The molecular formula is C16H18FN7. The molecule has 8 heteroatoms. The van der Waals surface area contributed by atoms with E-state index in [9.17, 15) is 4.39 Å². The molecule has 3 rings (SSSR count). The number of nitrogens with one attached hydrogen (secondary N) is 1. The van der Waals surface area contributed by atoms with Gasteiger partial charge in [-0.3, -0.25) is 0 Å². The van der Waals surface area contributed by atoms with E-state index in [-0.39, 0.29) is 5.82 Å². The topological polar surface area (TPSA) is 86.0 Å². The van der Waals surface area contributed by atoms with Gasteiger partial charge in [0.2, 0.25) is 0 Å². The van der Waals surface area contributed by atoms with Crippen LogP contribution in [0.1, 0.15) is 22.8 Å². The van der Waals surface area contributed by atoms with E-state index in [0.717, 1.165) is 22.6 Å². The number of nitrogens with two attached hydrogens (primary N) is 1. The predicted molar refractivity (Wildman–Crippen MR) is 91.3 cm³/mol. The number of rotatable bonds is 4. The van der Waals surface area contributed by atoms with Gasteiger partial charge in [0.1, 0.15) is 5.82 Å². The summed E-state index contributed by atoms with van der Waals surface area (Å²) in [5, 5.41) is 11.9. The summed E-state index contributed by atoms with van der Waals surface area (Å²) in [7, 11) is 0. The molecule has 0 bridgehead atoms. The smallest absolute Gasteiger partial charge is 0.263 e. The summed E-state index contributed by atoms with van der Waals surface area (Å²) in [5.74, 6) is 6.44. The molecule has 2 aromatic heterocycles. The van der Waals surface area contributed by atoms with E-state index in [1.807, 2.05) is 24.5 Å². The second-order valence-electron chi connectivity index (χ2n) is 5.45. The maximum Gasteiger partial charge on any atom is 0.263 e. The van der Waals surface area contributed by atoms with Crippen LogP contribution >= 0.6 is 0 Å². The minimum Gasteiger partial charge on any atom is -0.335 e. The quantitative estimate of drug-likeness (QED) is 0.437. The molecular weight excluding hydrogens is 309 g/mol. The van der Waals surface area contributed by atoms with Gasteiger partial charge in [-0.15, -0.1) is 10.2 Å². The Morgan fingerprint density at radius 1 is 1.17 bits per heavy atom. The summed E-state index contributed by atoms with van der Waals surface area (Å²) in [6.45, 7) is 5.71. The molecule has 0 aliphatic rings. The van der Waals surface area contributed by atoms with Crippen molar-refractivity contribution in [1.82, 2.24) is 19.4 Å². The zero-order valence-electron chi connectivity index (χ0n) is 13.7. The fourth-order valence-corrected chi connectivity index (χ4v) is 2.51. The lowest BCUT2D eigenvalue weighted by Crippen LogP contribution is -2.13. The van der Waals surface area contributed by atoms with Crippen LogP contribution in [0, 0.1) is 26.6 Å². The Bertz CT molecular complexity index is 890. The number of halogens is 1. The second kappa shape index (κ2) is 6.15. The molecule has 0 aliphatic heterocycles. The summed E-state index contributed by atoms with van der Waals surface area (Å²) in [4.78, 5) is 0. The first-order valence-corrected chi connectivity index (χ1v) is 7.38. The Morgan fingerprint density at radius 3 is 2.50 bits per heavy atom. The standard InChI is InChI=1S/C16H18FN7/c1-10-8-13(9-19-21-16-22-20-12(3)24(16)18)11(2)23(10)15-6-4-14(17)5-7-15/h4-9H,18H2,1-3H3,(H,21,22)/b19-9+. The maximum atomic E-state index is 13.1. The molecule has 0 aliphatic carbocycles. The molecule has 0 saturated heterocycles. The van der Waals surface area contributed by atoms with Gasteiger partial charge in [-0.2, -0.15) is 5.10 Å². The predicted octanol–water partition coefficient (Wildman–Crippen LogP) is 2.29. The van der Waals surface area contributed by atoms with Crippen molar-refractivity contribution in [1.29, 1.82) is 0 Å². The summed E-state index contributed by atoms with van der Waals surface area (Å²) >= 11 is 0. The van der Waals surface area contributed by atoms with Crippen LogP contribution in [0.15, 0.2) is 35.4 Å². The molecule has 0 spiro atoms. The molecule has 124 valence electrons. The van der Waals surface area contributed by atoms with E-state index >= 15 is 0 Å². The zero-order chi connectivity index (χ0) is 17.3. The van der Waals surface area contributed by atoms with Crippen LogP contribution < -0.4 is 11.3 Å². The van der Waals surface area contributed by atoms with E-state index in [1.165, 1.54) is 16.8 Å². The Kier molecular flexibility index (Phi) is 4.03. The number of benzene rings is 1. The minimum atomic E-state index is -0.256. The molecule has 3 aromatic rings. The van der Waals surface area contributed by atoms with Gasteiger partial charge in [0, 0.05) is 22.6 Å². The molecule has 2 heterocycles. The molecule has 1 aromatic carbocycles. The number of aromatic nitrogens is 4. The van der Waals surface area contributed by atoms with Crippen LogP contribution in [-0.2, 0) is 0 Å². The van der Waals surface area contributed by atoms with E-state index < -0.39 is 0 Å². The largest absolute Gasteiger partial charge is 0.335 e. The van der Waals surface area contributed by atoms with Gasteiger partial charge >= 0.3 is 0 Å². The van der Waals surface area contributed by atoms with Gasteiger partial charge in [0.05, 0.1) is 6.21 Å². The molecule has 0 atom stereocenters. The first-order chi connectivity index (χ1) is 11.5. The average molecular weight is 327 g/mol. The van der Waals surface area contributed by atoms with Gasteiger partial charge in [0.15, 0.2) is 5.82 Å². The number of nitrogen functional groups attached to an aromatic ring is 1. The molecule has 0 fully saturated rings. The molecule has 24 heavy (non-hydrogen) atoms. The maximum absolute atomic E-state index is 13.1. The van der Waals surface area contributed by atoms with Gasteiger partial charge in [-0.1, -0.05) is 0 Å². The van der Waals surface area contributed by atoms with Gasteiger partial charge in [-0.25, -0.2) is 14.5 Å². The number of anilines is 1. The van der Waals surface area contributed by atoms with Gasteiger partial charge < -0.3 is 10.4 Å². The van der Waals surface area contributed by atoms with Crippen molar-refractivity contribution in [3.63, 3.8) is 0 Å². The lowest BCUT2D eigenvalue weighted by atomic mass is 10.2. The van der Waals surface area contributed by atoms with Crippen molar-refractivity contribution in [2.45, 2.75) is 20.8 Å². The van der Waals surface area contributed by atoms with Crippen LogP contribution in [0.4, 0.5) is 10.3 Å². The molecule has 0 radical (unpaired) electrons. The highest BCUT2D eigenvalue weighted by Crippen LogP contribution is 2.20.